The molecule has 5 heteroatoms. The predicted molar refractivity (Wildman–Crippen MR) is 102 cm³/mol. The van der Waals surface area contributed by atoms with Crippen molar-refractivity contribution in [2.75, 3.05) is 27.2 Å². The van der Waals surface area contributed by atoms with E-state index in [-0.39, 0.29) is 11.9 Å². The first kappa shape index (κ1) is 18.9. The van der Waals surface area contributed by atoms with Crippen molar-refractivity contribution in [2.45, 2.75) is 19.5 Å². The average molecular weight is 342 g/mol. The quantitative estimate of drug-likeness (QED) is 0.600. The van der Waals surface area contributed by atoms with E-state index in [0.29, 0.717) is 6.54 Å². The molecule has 1 unspecified atom stereocenters. The van der Waals surface area contributed by atoms with E-state index in [1.807, 2.05) is 19.1 Å². The minimum Gasteiger partial charge on any atom is -0.357 e. The van der Waals surface area contributed by atoms with E-state index in [1.54, 1.807) is 6.07 Å². The maximum absolute atomic E-state index is 13.3. The Labute approximate surface area is 149 Å². The van der Waals surface area contributed by atoms with Crippen molar-refractivity contribution in [3.63, 3.8) is 0 Å². The number of nitrogens with zero attached hydrogens (tertiary/aromatic N) is 2. The molecule has 0 aromatic heterocycles. The topological polar surface area (TPSA) is 39.7 Å². The van der Waals surface area contributed by atoms with E-state index in [1.165, 1.54) is 17.7 Å². The molecule has 0 bridgehead atoms. The van der Waals surface area contributed by atoms with Crippen LogP contribution in [0.25, 0.3) is 0 Å². The summed E-state index contributed by atoms with van der Waals surface area (Å²) in [5, 5.41) is 6.63. The molecular weight excluding hydrogens is 315 g/mol. The number of aliphatic imine (C=N–C) groups is 1. The number of halogens is 1. The molecule has 25 heavy (non-hydrogen) atoms. The van der Waals surface area contributed by atoms with Crippen LogP contribution in [0.3, 0.4) is 0 Å². The first-order valence-electron chi connectivity index (χ1n) is 8.58. The summed E-state index contributed by atoms with van der Waals surface area (Å²) < 4.78 is 13.3. The third kappa shape index (κ3) is 6.19. The summed E-state index contributed by atoms with van der Waals surface area (Å²) in [6.45, 7) is 3.96. The van der Waals surface area contributed by atoms with Crippen molar-refractivity contribution < 1.29 is 4.39 Å². The van der Waals surface area contributed by atoms with E-state index in [9.17, 15) is 4.39 Å². The van der Waals surface area contributed by atoms with Crippen LogP contribution in [0.1, 0.15) is 24.1 Å². The lowest BCUT2D eigenvalue weighted by molar-refractivity contribution is 0.298. The maximum Gasteiger partial charge on any atom is 0.191 e. The van der Waals surface area contributed by atoms with E-state index in [2.05, 4.69) is 58.9 Å². The van der Waals surface area contributed by atoms with Gasteiger partial charge in [-0.05, 0) is 44.3 Å². The van der Waals surface area contributed by atoms with Crippen LogP contribution in [0.2, 0.25) is 0 Å². The molecule has 2 aromatic rings. The fourth-order valence-electron chi connectivity index (χ4n) is 2.61. The Hall–Kier alpha value is -2.40. The zero-order valence-corrected chi connectivity index (χ0v) is 15.2. The van der Waals surface area contributed by atoms with Gasteiger partial charge in [-0.25, -0.2) is 9.38 Å². The van der Waals surface area contributed by atoms with Crippen LogP contribution < -0.4 is 10.6 Å². The van der Waals surface area contributed by atoms with Crippen molar-refractivity contribution >= 4 is 5.96 Å². The van der Waals surface area contributed by atoms with Gasteiger partial charge in [0.2, 0.25) is 0 Å². The van der Waals surface area contributed by atoms with Crippen LogP contribution in [0.4, 0.5) is 4.39 Å². The minimum absolute atomic E-state index is 0.234. The Kier molecular flexibility index (Phi) is 7.41. The summed E-state index contributed by atoms with van der Waals surface area (Å²) in [7, 11) is 4.13. The normalized spacial score (nSPS) is 12.9. The highest BCUT2D eigenvalue weighted by Gasteiger charge is 2.14. The molecule has 0 aliphatic heterocycles. The third-order valence-electron chi connectivity index (χ3n) is 3.92. The Morgan fingerprint density at radius 2 is 1.84 bits per heavy atom. The molecule has 0 aliphatic rings. The summed E-state index contributed by atoms with van der Waals surface area (Å²) >= 11 is 0. The Bertz CT molecular complexity index is 670. The fourth-order valence-corrected chi connectivity index (χ4v) is 2.61. The molecule has 2 rings (SSSR count). The van der Waals surface area contributed by atoms with Crippen LogP contribution in [-0.2, 0) is 6.54 Å². The lowest BCUT2D eigenvalue weighted by Gasteiger charge is -2.26. The van der Waals surface area contributed by atoms with Crippen LogP contribution in [0.5, 0.6) is 0 Å². The Morgan fingerprint density at radius 1 is 1.08 bits per heavy atom. The number of nitrogens with one attached hydrogen (secondary N) is 2. The van der Waals surface area contributed by atoms with Gasteiger partial charge in [0, 0.05) is 13.1 Å². The zero-order valence-electron chi connectivity index (χ0n) is 15.2. The maximum atomic E-state index is 13.3. The first-order chi connectivity index (χ1) is 12.1. The van der Waals surface area contributed by atoms with Crippen LogP contribution in [0.15, 0.2) is 59.6 Å². The number of rotatable bonds is 7. The summed E-state index contributed by atoms with van der Waals surface area (Å²) in [6, 6.07) is 17.2. The van der Waals surface area contributed by atoms with Gasteiger partial charge >= 0.3 is 0 Å². The first-order valence-corrected chi connectivity index (χ1v) is 8.58. The van der Waals surface area contributed by atoms with E-state index in [0.717, 1.165) is 24.6 Å². The molecule has 4 nitrogen and oxygen atoms in total. The second-order valence-electron chi connectivity index (χ2n) is 6.10. The lowest BCUT2D eigenvalue weighted by atomic mass is 10.1. The fraction of sp³-hybridized carbons (Fsp3) is 0.350. The molecule has 1 atom stereocenters. The molecule has 134 valence electrons. The largest absolute Gasteiger partial charge is 0.357 e. The lowest BCUT2D eigenvalue weighted by Crippen LogP contribution is -2.41. The molecule has 2 aromatic carbocycles. The van der Waals surface area contributed by atoms with Gasteiger partial charge in [-0.1, -0.05) is 42.5 Å². The number of guanidine groups is 1. The zero-order chi connectivity index (χ0) is 18.1. The van der Waals surface area contributed by atoms with E-state index < -0.39 is 0 Å². The van der Waals surface area contributed by atoms with Crippen molar-refractivity contribution in [1.29, 1.82) is 0 Å². The molecule has 0 fully saturated rings. The molecule has 0 saturated carbocycles. The third-order valence-corrected chi connectivity index (χ3v) is 3.92. The predicted octanol–water partition coefficient (Wildman–Crippen LogP) is 3.18. The number of hydrogen-bond donors (Lipinski definition) is 2. The van der Waals surface area contributed by atoms with E-state index >= 15 is 0 Å². The van der Waals surface area contributed by atoms with Crippen molar-refractivity contribution in [2.24, 2.45) is 4.99 Å². The molecule has 0 aliphatic carbocycles. The van der Waals surface area contributed by atoms with Crippen molar-refractivity contribution in [1.82, 2.24) is 15.5 Å². The van der Waals surface area contributed by atoms with Crippen LogP contribution in [0, 0.1) is 5.82 Å². The van der Waals surface area contributed by atoms with Gasteiger partial charge in [-0.2, -0.15) is 0 Å². The van der Waals surface area contributed by atoms with Crippen molar-refractivity contribution in [3.8, 4) is 0 Å². The van der Waals surface area contributed by atoms with Gasteiger partial charge in [-0.3, -0.25) is 0 Å². The molecular formula is C20H27FN4. The highest BCUT2D eigenvalue weighted by Crippen LogP contribution is 2.16. The minimum atomic E-state index is -0.234. The van der Waals surface area contributed by atoms with Crippen LogP contribution in [-0.4, -0.2) is 38.0 Å². The average Bonchev–Trinajstić information content (AvgIpc) is 2.60. The highest BCUT2D eigenvalue weighted by atomic mass is 19.1. The van der Waals surface area contributed by atoms with Gasteiger partial charge in [0.05, 0.1) is 12.6 Å². The van der Waals surface area contributed by atoms with Gasteiger partial charge in [0.15, 0.2) is 5.96 Å². The van der Waals surface area contributed by atoms with Gasteiger partial charge in [0.1, 0.15) is 5.82 Å². The molecule has 0 amide bonds. The van der Waals surface area contributed by atoms with Crippen LogP contribution >= 0.6 is 0 Å². The molecule has 0 saturated heterocycles. The summed E-state index contributed by atoms with van der Waals surface area (Å²) in [6.07, 6.45) is 0. The molecule has 2 N–H and O–H groups in total. The monoisotopic (exact) mass is 342 g/mol. The summed E-state index contributed by atoms with van der Waals surface area (Å²) in [5.41, 5.74) is 2.10. The van der Waals surface area contributed by atoms with E-state index in [4.69, 9.17) is 0 Å². The SMILES string of the molecule is CCNC(=NCc1cccc(F)c1)NCC(c1ccccc1)N(C)C. The highest BCUT2D eigenvalue weighted by molar-refractivity contribution is 5.79. The second-order valence-corrected chi connectivity index (χ2v) is 6.10. The van der Waals surface area contributed by atoms with Gasteiger partial charge < -0.3 is 15.5 Å². The number of hydrogen-bond acceptors (Lipinski definition) is 2. The smallest absolute Gasteiger partial charge is 0.191 e. The molecule has 0 heterocycles. The number of benzene rings is 2. The standard InChI is InChI=1S/C20H27FN4/c1-4-22-20(23-14-16-9-8-12-18(21)13-16)24-15-19(25(2)3)17-10-6-5-7-11-17/h5-13,19H,4,14-15H2,1-3H3,(H2,22,23,24). The summed E-state index contributed by atoms with van der Waals surface area (Å²) in [4.78, 5) is 6.74. The Balaban J connectivity index is 2.03. The Morgan fingerprint density at radius 3 is 2.48 bits per heavy atom. The second kappa shape index (κ2) is 9.79. The molecule has 0 spiro atoms. The molecule has 0 radical (unpaired) electrons. The van der Waals surface area contributed by atoms with Gasteiger partial charge in [-0.15, -0.1) is 0 Å². The summed E-state index contributed by atoms with van der Waals surface area (Å²) in [5.74, 6) is 0.497. The van der Waals surface area contributed by atoms with Crippen molar-refractivity contribution in [3.05, 3.63) is 71.5 Å². The number of likely N-dealkylation sites (N-methyl/N-ethyl adjacent to an activating group) is 1. The van der Waals surface area contributed by atoms with Gasteiger partial charge in [0.25, 0.3) is 0 Å².